The summed E-state index contributed by atoms with van der Waals surface area (Å²) < 4.78 is 45.6. The molecule has 3 aliphatic rings. The average Bonchev–Trinajstić information content (AvgIpc) is 3.41. The first kappa shape index (κ1) is 21.3. The van der Waals surface area contributed by atoms with Gasteiger partial charge in [-0.2, -0.15) is 4.31 Å². The summed E-state index contributed by atoms with van der Waals surface area (Å²) in [5.41, 5.74) is 2.03. The minimum Gasteiger partial charge on any atom is -0.462 e. The van der Waals surface area contributed by atoms with E-state index >= 15 is 0 Å². The zero-order valence-corrected chi connectivity index (χ0v) is 19.0. The first-order valence-electron chi connectivity index (χ1n) is 11.0. The van der Waals surface area contributed by atoms with E-state index in [9.17, 15) is 13.2 Å². The van der Waals surface area contributed by atoms with E-state index in [0.29, 0.717) is 35.8 Å². The van der Waals surface area contributed by atoms with Gasteiger partial charge in [0.1, 0.15) is 6.10 Å². The molecular formula is C24H27NO6S. The number of nitrogens with zero attached hydrogens (tertiary/aromatic N) is 1. The molecule has 0 unspecified atom stereocenters. The summed E-state index contributed by atoms with van der Waals surface area (Å²) in [5, 5.41) is 0. The van der Waals surface area contributed by atoms with Crippen molar-refractivity contribution in [3.63, 3.8) is 0 Å². The highest BCUT2D eigenvalue weighted by Crippen LogP contribution is 2.49. The Bertz CT molecular complexity index is 1130. The van der Waals surface area contributed by atoms with Crippen molar-refractivity contribution in [2.24, 2.45) is 5.92 Å². The number of carbonyl (C=O) groups excluding carboxylic acids is 1. The molecule has 1 saturated carbocycles. The molecule has 4 atom stereocenters. The van der Waals surface area contributed by atoms with Gasteiger partial charge in [0, 0.05) is 31.3 Å². The van der Waals surface area contributed by atoms with Gasteiger partial charge in [-0.05, 0) is 56.0 Å². The second kappa shape index (κ2) is 8.08. The third-order valence-electron chi connectivity index (χ3n) is 6.88. The van der Waals surface area contributed by atoms with Crippen LogP contribution in [0.2, 0.25) is 0 Å². The minimum absolute atomic E-state index is 0.0240. The minimum atomic E-state index is -3.69. The van der Waals surface area contributed by atoms with E-state index in [-0.39, 0.29) is 36.7 Å². The van der Waals surface area contributed by atoms with Crippen molar-refractivity contribution in [1.29, 1.82) is 0 Å². The number of fused-ring (bicyclic) bond motifs is 2. The third-order valence-corrected chi connectivity index (χ3v) is 8.79. The van der Waals surface area contributed by atoms with Crippen LogP contribution in [0, 0.1) is 12.8 Å². The zero-order valence-electron chi connectivity index (χ0n) is 18.2. The molecule has 2 aromatic carbocycles. The molecule has 0 radical (unpaired) electrons. The highest BCUT2D eigenvalue weighted by Gasteiger charge is 2.52. The Kier molecular flexibility index (Phi) is 5.37. The van der Waals surface area contributed by atoms with E-state index < -0.39 is 10.0 Å². The Hall–Kier alpha value is -2.58. The van der Waals surface area contributed by atoms with E-state index in [1.807, 2.05) is 37.3 Å². The molecule has 2 aliphatic heterocycles. The second-order valence-corrected chi connectivity index (χ2v) is 10.7. The topological polar surface area (TPSA) is 82.1 Å². The number of ether oxygens (including phenoxy) is 3. The van der Waals surface area contributed by atoms with Crippen LogP contribution >= 0.6 is 0 Å². The van der Waals surface area contributed by atoms with E-state index in [0.717, 1.165) is 17.5 Å². The van der Waals surface area contributed by atoms with Gasteiger partial charge in [-0.1, -0.05) is 23.8 Å². The van der Waals surface area contributed by atoms with E-state index in [1.54, 1.807) is 16.4 Å². The number of carbonyl (C=O) groups is 1. The smallest absolute Gasteiger partial charge is 0.302 e. The van der Waals surface area contributed by atoms with E-state index in [1.165, 1.54) is 6.92 Å². The van der Waals surface area contributed by atoms with Crippen LogP contribution in [0.25, 0.3) is 0 Å². The van der Waals surface area contributed by atoms with Gasteiger partial charge >= 0.3 is 5.97 Å². The quantitative estimate of drug-likeness (QED) is 0.653. The molecule has 8 heteroatoms. The fraction of sp³-hybridized carbons (Fsp3) is 0.458. The summed E-state index contributed by atoms with van der Waals surface area (Å²) in [5.74, 6) is 0.990. The zero-order chi connectivity index (χ0) is 22.5. The van der Waals surface area contributed by atoms with Crippen molar-refractivity contribution in [2.75, 3.05) is 13.3 Å². The van der Waals surface area contributed by atoms with Crippen LogP contribution in [0.15, 0.2) is 47.4 Å². The maximum atomic E-state index is 13.7. The summed E-state index contributed by atoms with van der Waals surface area (Å²) in [6.45, 7) is 3.94. The first-order valence-corrected chi connectivity index (χ1v) is 12.4. The summed E-state index contributed by atoms with van der Waals surface area (Å²) in [6, 6.07) is 12.5. The maximum Gasteiger partial charge on any atom is 0.302 e. The molecule has 0 N–H and O–H groups in total. The van der Waals surface area contributed by atoms with Crippen LogP contribution in [0.3, 0.4) is 0 Å². The van der Waals surface area contributed by atoms with E-state index in [4.69, 9.17) is 14.2 Å². The molecule has 0 aromatic heterocycles. The molecule has 170 valence electrons. The van der Waals surface area contributed by atoms with Gasteiger partial charge in [0.2, 0.25) is 16.8 Å². The van der Waals surface area contributed by atoms with Crippen LogP contribution < -0.4 is 9.47 Å². The summed E-state index contributed by atoms with van der Waals surface area (Å²) in [7, 11) is -3.69. The Morgan fingerprint density at radius 1 is 1.03 bits per heavy atom. The highest BCUT2D eigenvalue weighted by atomic mass is 32.2. The normalized spacial score (nSPS) is 27.2. The molecule has 0 amide bonds. The average molecular weight is 458 g/mol. The third kappa shape index (κ3) is 3.65. The Balaban J connectivity index is 1.53. The monoisotopic (exact) mass is 457 g/mol. The van der Waals surface area contributed by atoms with Crippen molar-refractivity contribution < 1.29 is 27.4 Å². The van der Waals surface area contributed by atoms with Crippen molar-refractivity contribution in [1.82, 2.24) is 4.31 Å². The molecule has 32 heavy (non-hydrogen) atoms. The van der Waals surface area contributed by atoms with Gasteiger partial charge in [0.25, 0.3) is 0 Å². The number of esters is 1. The number of benzene rings is 2. The van der Waals surface area contributed by atoms with E-state index in [2.05, 4.69) is 0 Å². The molecule has 5 rings (SSSR count). The summed E-state index contributed by atoms with van der Waals surface area (Å²) in [4.78, 5) is 12.0. The fourth-order valence-corrected chi connectivity index (χ4v) is 7.16. The number of hydrogen-bond donors (Lipinski definition) is 0. The van der Waals surface area contributed by atoms with Crippen LogP contribution in [0.4, 0.5) is 0 Å². The molecule has 1 aliphatic carbocycles. The number of sulfonamides is 1. The molecule has 2 fully saturated rings. The lowest BCUT2D eigenvalue weighted by Crippen LogP contribution is -2.48. The summed E-state index contributed by atoms with van der Waals surface area (Å²) >= 11 is 0. The SMILES string of the molecule is CC(=O)O[C@H]1CC[C@H](c2ccc3c(c2)OCO3)[C@@H]2[C@H]1CCN2S(=O)(=O)c1ccc(C)cc1. The van der Waals surface area contributed by atoms with Gasteiger partial charge in [0.15, 0.2) is 11.5 Å². The molecule has 2 aromatic rings. The maximum absolute atomic E-state index is 13.7. The Morgan fingerprint density at radius 3 is 2.53 bits per heavy atom. The molecular weight excluding hydrogens is 430 g/mol. The lowest BCUT2D eigenvalue weighted by atomic mass is 9.73. The largest absolute Gasteiger partial charge is 0.462 e. The standard InChI is InChI=1S/C24H27NO6S/c1-15-3-6-18(7-4-15)32(27,28)25-12-11-20-21(31-16(2)26)10-8-19(24(20)25)17-5-9-22-23(13-17)30-14-29-22/h3-7,9,13,19-21,24H,8,10-12,14H2,1-2H3/t19-,20+,21+,24-/m1/s1. The van der Waals surface area contributed by atoms with Gasteiger partial charge in [0.05, 0.1) is 4.90 Å². The van der Waals surface area contributed by atoms with Crippen LogP contribution in [-0.2, 0) is 19.6 Å². The van der Waals surface area contributed by atoms with Crippen molar-refractivity contribution >= 4 is 16.0 Å². The van der Waals surface area contributed by atoms with Gasteiger partial charge in [-0.25, -0.2) is 8.42 Å². The molecule has 2 heterocycles. The number of rotatable bonds is 4. The van der Waals surface area contributed by atoms with Gasteiger partial charge in [-0.3, -0.25) is 4.79 Å². The molecule has 0 spiro atoms. The van der Waals surface area contributed by atoms with Crippen molar-refractivity contribution in [3.8, 4) is 11.5 Å². The van der Waals surface area contributed by atoms with Gasteiger partial charge < -0.3 is 14.2 Å². The van der Waals surface area contributed by atoms with Crippen LogP contribution in [0.5, 0.6) is 11.5 Å². The number of hydrogen-bond acceptors (Lipinski definition) is 6. The van der Waals surface area contributed by atoms with Crippen LogP contribution in [0.1, 0.15) is 43.2 Å². The number of aryl methyl sites for hydroxylation is 1. The van der Waals surface area contributed by atoms with Crippen molar-refractivity contribution in [3.05, 3.63) is 53.6 Å². The highest BCUT2D eigenvalue weighted by molar-refractivity contribution is 7.89. The van der Waals surface area contributed by atoms with Gasteiger partial charge in [-0.15, -0.1) is 0 Å². The predicted octanol–water partition coefficient (Wildman–Crippen LogP) is 3.61. The van der Waals surface area contributed by atoms with Crippen LogP contribution in [-0.4, -0.2) is 44.2 Å². The Labute approximate surface area is 188 Å². The first-order chi connectivity index (χ1) is 15.3. The summed E-state index contributed by atoms with van der Waals surface area (Å²) in [6.07, 6.45) is 1.81. The lowest BCUT2D eigenvalue weighted by molar-refractivity contribution is -0.151. The molecule has 0 bridgehead atoms. The molecule has 7 nitrogen and oxygen atoms in total. The fourth-order valence-electron chi connectivity index (χ4n) is 5.44. The second-order valence-electron chi connectivity index (χ2n) is 8.82. The predicted molar refractivity (Wildman–Crippen MR) is 117 cm³/mol. The Morgan fingerprint density at radius 2 is 1.78 bits per heavy atom. The lowest BCUT2D eigenvalue weighted by Gasteiger charge is -2.42. The molecule has 1 saturated heterocycles. The van der Waals surface area contributed by atoms with Crippen molar-refractivity contribution in [2.45, 2.75) is 56.1 Å².